The third-order valence-corrected chi connectivity index (χ3v) is 4.22. The summed E-state index contributed by atoms with van der Waals surface area (Å²) in [6.07, 6.45) is 2.51. The van der Waals surface area contributed by atoms with Crippen molar-refractivity contribution < 1.29 is 13.9 Å². The zero-order chi connectivity index (χ0) is 20.4. The number of carbonyl (C=O) groups is 1. The Hall–Kier alpha value is -3.72. The van der Waals surface area contributed by atoms with Crippen molar-refractivity contribution in [2.45, 2.75) is 0 Å². The summed E-state index contributed by atoms with van der Waals surface area (Å²) in [5, 5.41) is 4.89. The fourth-order valence-corrected chi connectivity index (χ4v) is 2.84. The van der Waals surface area contributed by atoms with Crippen LogP contribution < -0.4 is 15.7 Å². The van der Waals surface area contributed by atoms with Crippen LogP contribution in [-0.2, 0) is 4.79 Å². The molecule has 0 spiro atoms. The number of ether oxygens (including phenoxy) is 1. The van der Waals surface area contributed by atoms with Gasteiger partial charge >= 0.3 is 0 Å². The van der Waals surface area contributed by atoms with Crippen molar-refractivity contribution in [1.29, 1.82) is 0 Å². The molecule has 0 saturated heterocycles. The molecule has 10 heteroatoms. The average molecular weight is 414 g/mol. The number of hydrogen-bond donors (Lipinski definition) is 1. The Bertz CT molecular complexity index is 1270. The predicted molar refractivity (Wildman–Crippen MR) is 104 cm³/mol. The summed E-state index contributed by atoms with van der Waals surface area (Å²) < 4.78 is 21.0. The molecule has 1 amide bonds. The second kappa shape index (κ2) is 7.72. The molecule has 0 saturated carbocycles. The van der Waals surface area contributed by atoms with Crippen LogP contribution in [0.3, 0.4) is 0 Å². The van der Waals surface area contributed by atoms with Crippen molar-refractivity contribution >= 4 is 28.5 Å². The van der Waals surface area contributed by atoms with Gasteiger partial charge in [0, 0.05) is 5.02 Å². The number of fused-ring (bicyclic) bond motifs is 1. The molecular weight excluding hydrogens is 401 g/mol. The molecule has 8 nitrogen and oxygen atoms in total. The quantitative estimate of drug-likeness (QED) is 0.543. The Morgan fingerprint density at radius 1 is 1.21 bits per heavy atom. The lowest BCUT2D eigenvalue weighted by Gasteiger charge is -2.09. The Morgan fingerprint density at radius 2 is 2.03 bits per heavy atom. The van der Waals surface area contributed by atoms with E-state index < -0.39 is 23.9 Å². The number of nitrogens with zero attached hydrogens (tertiary/aromatic N) is 4. The number of amides is 1. The molecule has 29 heavy (non-hydrogen) atoms. The molecule has 0 aliphatic heterocycles. The van der Waals surface area contributed by atoms with Crippen LogP contribution in [0.15, 0.2) is 65.8 Å². The normalized spacial score (nSPS) is 10.8. The summed E-state index contributed by atoms with van der Waals surface area (Å²) in [5.41, 5.74) is 2.77. The number of benzene rings is 2. The number of nitrogens with one attached hydrogen (secondary N) is 1. The second-order valence-corrected chi connectivity index (χ2v) is 6.38. The fourth-order valence-electron chi connectivity index (χ4n) is 2.66. The van der Waals surface area contributed by atoms with E-state index in [1.165, 1.54) is 29.1 Å². The standard InChI is InChI=1S/C19H13ClFN5O3/c20-12-4-3-5-13(8-12)26-18-14(9-23-26)19(28)25(11-22-18)24-17(27)10-29-16-7-2-1-6-15(16)21/h1-9,11H,10H2,(H,24,27). The number of aromatic nitrogens is 4. The van der Waals surface area contributed by atoms with Crippen molar-refractivity contribution in [3.8, 4) is 11.4 Å². The number of para-hydroxylation sites is 1. The van der Waals surface area contributed by atoms with Crippen LogP contribution >= 0.6 is 11.6 Å². The first-order valence-corrected chi connectivity index (χ1v) is 8.79. The maximum atomic E-state index is 13.5. The molecule has 0 radical (unpaired) electrons. The van der Waals surface area contributed by atoms with Gasteiger partial charge in [-0.1, -0.05) is 29.8 Å². The van der Waals surface area contributed by atoms with Gasteiger partial charge in [0.15, 0.2) is 23.8 Å². The summed E-state index contributed by atoms with van der Waals surface area (Å²) in [4.78, 5) is 28.9. The number of halogens is 2. The maximum Gasteiger partial charge on any atom is 0.283 e. The molecule has 2 aromatic carbocycles. The van der Waals surface area contributed by atoms with Gasteiger partial charge in [-0.15, -0.1) is 0 Å². The molecule has 0 bridgehead atoms. The molecule has 0 atom stereocenters. The highest BCUT2D eigenvalue weighted by atomic mass is 35.5. The van der Waals surface area contributed by atoms with Gasteiger partial charge in [0.1, 0.15) is 11.7 Å². The van der Waals surface area contributed by atoms with E-state index >= 15 is 0 Å². The summed E-state index contributed by atoms with van der Waals surface area (Å²) in [6, 6.07) is 12.6. The first-order valence-electron chi connectivity index (χ1n) is 8.41. The summed E-state index contributed by atoms with van der Waals surface area (Å²) in [6.45, 7) is -0.479. The van der Waals surface area contributed by atoms with E-state index in [0.29, 0.717) is 16.4 Å². The number of hydrogen-bond acceptors (Lipinski definition) is 5. The van der Waals surface area contributed by atoms with Gasteiger partial charge in [-0.05, 0) is 30.3 Å². The van der Waals surface area contributed by atoms with Crippen molar-refractivity contribution in [2.75, 3.05) is 12.0 Å². The van der Waals surface area contributed by atoms with Gasteiger partial charge in [-0.25, -0.2) is 18.7 Å². The van der Waals surface area contributed by atoms with E-state index in [1.807, 2.05) is 0 Å². The monoisotopic (exact) mass is 413 g/mol. The van der Waals surface area contributed by atoms with Crippen LogP contribution in [0.4, 0.5) is 4.39 Å². The first-order chi connectivity index (χ1) is 14.0. The fraction of sp³-hybridized carbons (Fsp3) is 0.0526. The highest BCUT2D eigenvalue weighted by Crippen LogP contribution is 2.17. The number of rotatable bonds is 5. The van der Waals surface area contributed by atoms with E-state index in [2.05, 4.69) is 15.5 Å². The first kappa shape index (κ1) is 18.6. The average Bonchev–Trinajstić information content (AvgIpc) is 3.14. The van der Waals surface area contributed by atoms with Crippen molar-refractivity contribution in [3.05, 3.63) is 82.2 Å². The van der Waals surface area contributed by atoms with Gasteiger partial charge in [0.05, 0.1) is 11.9 Å². The smallest absolute Gasteiger partial charge is 0.283 e. The third kappa shape index (κ3) is 3.81. The third-order valence-electron chi connectivity index (χ3n) is 3.98. The Kier molecular flexibility index (Phi) is 4.96. The molecule has 4 rings (SSSR count). The minimum atomic E-state index is -0.654. The van der Waals surface area contributed by atoms with E-state index in [-0.39, 0.29) is 11.1 Å². The molecular formula is C19H13ClFN5O3. The SMILES string of the molecule is O=C(COc1ccccc1F)Nn1cnc2c(cnn2-c2cccc(Cl)c2)c1=O. The molecule has 2 heterocycles. The second-order valence-electron chi connectivity index (χ2n) is 5.95. The van der Waals surface area contributed by atoms with E-state index in [0.717, 1.165) is 11.0 Å². The Morgan fingerprint density at radius 3 is 2.83 bits per heavy atom. The summed E-state index contributed by atoms with van der Waals surface area (Å²) >= 11 is 6.00. The Balaban J connectivity index is 1.54. The molecule has 0 aliphatic carbocycles. The Labute approximate surface area is 168 Å². The number of carbonyl (C=O) groups excluding carboxylic acids is 1. The lowest BCUT2D eigenvalue weighted by Crippen LogP contribution is -2.35. The van der Waals surface area contributed by atoms with Crippen LogP contribution in [-0.4, -0.2) is 32.0 Å². The topological polar surface area (TPSA) is 91.0 Å². The van der Waals surface area contributed by atoms with Crippen LogP contribution in [0.5, 0.6) is 5.75 Å². The zero-order valence-corrected chi connectivity index (χ0v) is 15.5. The minimum absolute atomic E-state index is 0.0635. The van der Waals surface area contributed by atoms with Gasteiger partial charge in [0.2, 0.25) is 0 Å². The minimum Gasteiger partial charge on any atom is -0.481 e. The molecule has 2 aromatic heterocycles. The zero-order valence-electron chi connectivity index (χ0n) is 14.8. The van der Waals surface area contributed by atoms with Gasteiger partial charge < -0.3 is 4.74 Å². The van der Waals surface area contributed by atoms with E-state index in [1.54, 1.807) is 30.3 Å². The lowest BCUT2D eigenvalue weighted by atomic mass is 10.3. The maximum absolute atomic E-state index is 13.5. The van der Waals surface area contributed by atoms with Gasteiger partial charge in [-0.3, -0.25) is 15.0 Å². The molecule has 146 valence electrons. The molecule has 0 aliphatic rings. The van der Waals surface area contributed by atoms with Crippen molar-refractivity contribution in [1.82, 2.24) is 19.4 Å². The summed E-state index contributed by atoms with van der Waals surface area (Å²) in [5.74, 6) is -1.31. The molecule has 0 unspecified atom stereocenters. The molecule has 4 aromatic rings. The van der Waals surface area contributed by atoms with Crippen LogP contribution in [0, 0.1) is 5.82 Å². The van der Waals surface area contributed by atoms with Crippen LogP contribution in [0.1, 0.15) is 0 Å². The largest absolute Gasteiger partial charge is 0.481 e. The molecule has 1 N–H and O–H groups in total. The lowest BCUT2D eigenvalue weighted by molar-refractivity contribution is -0.119. The highest BCUT2D eigenvalue weighted by molar-refractivity contribution is 6.30. The molecule has 0 fully saturated rings. The van der Waals surface area contributed by atoms with E-state index in [4.69, 9.17) is 16.3 Å². The van der Waals surface area contributed by atoms with Gasteiger partial charge in [0.25, 0.3) is 11.5 Å². The van der Waals surface area contributed by atoms with Crippen molar-refractivity contribution in [3.63, 3.8) is 0 Å². The predicted octanol–water partition coefficient (Wildman–Crippen LogP) is 2.52. The summed E-state index contributed by atoms with van der Waals surface area (Å²) in [7, 11) is 0. The van der Waals surface area contributed by atoms with Crippen molar-refractivity contribution in [2.24, 2.45) is 0 Å². The van der Waals surface area contributed by atoms with Gasteiger partial charge in [-0.2, -0.15) is 5.10 Å². The van der Waals surface area contributed by atoms with E-state index in [9.17, 15) is 14.0 Å². The van der Waals surface area contributed by atoms with Crippen LogP contribution in [0.25, 0.3) is 16.7 Å². The van der Waals surface area contributed by atoms with Crippen LogP contribution in [0.2, 0.25) is 5.02 Å². The highest BCUT2D eigenvalue weighted by Gasteiger charge is 2.13.